The Balaban J connectivity index is 1.67. The van der Waals surface area contributed by atoms with E-state index in [1.807, 2.05) is 54.1 Å². The molecule has 0 fully saturated rings. The number of aromatic nitrogens is 3. The van der Waals surface area contributed by atoms with Gasteiger partial charge in [-0.3, -0.25) is 19.5 Å². The van der Waals surface area contributed by atoms with Crippen LogP contribution in [0, 0.1) is 13.8 Å². The van der Waals surface area contributed by atoms with Crippen LogP contribution in [0.4, 0.5) is 5.82 Å². The molecule has 1 atom stereocenters. The second-order valence-electron chi connectivity index (χ2n) is 11.2. The standard InChI is InChI=1S/C32H35N5O2S/c1-21-11-10-13-23(17-21)29-28-30(32(3,4)5)35-37(25-15-7-6-12-22(25)2)31(28)36(27(39)20-40-29)19-26(38)34-18-24-14-8-9-16-33-24/h6-17,29H,18-20H2,1-5H3,(H,34,38). The summed E-state index contributed by atoms with van der Waals surface area (Å²) in [5.41, 5.74) is 6.54. The molecule has 2 amide bonds. The summed E-state index contributed by atoms with van der Waals surface area (Å²) in [5, 5.41) is 8.01. The van der Waals surface area contributed by atoms with Crippen molar-refractivity contribution < 1.29 is 9.59 Å². The molecule has 0 spiro atoms. The lowest BCUT2D eigenvalue weighted by Crippen LogP contribution is -2.42. The predicted octanol–water partition coefficient (Wildman–Crippen LogP) is 5.67. The van der Waals surface area contributed by atoms with E-state index in [0.717, 1.165) is 39.3 Å². The Bertz CT molecular complexity index is 1540. The van der Waals surface area contributed by atoms with Gasteiger partial charge < -0.3 is 5.32 Å². The minimum absolute atomic E-state index is 0.110. The number of hydrogen-bond acceptors (Lipinski definition) is 5. The Kier molecular flexibility index (Phi) is 7.81. The van der Waals surface area contributed by atoms with Gasteiger partial charge in [0.1, 0.15) is 12.4 Å². The molecule has 0 saturated heterocycles. The van der Waals surface area contributed by atoms with Crippen molar-refractivity contribution >= 4 is 29.4 Å². The van der Waals surface area contributed by atoms with Gasteiger partial charge >= 0.3 is 0 Å². The third-order valence-corrected chi connectivity index (χ3v) is 8.24. The molecule has 40 heavy (non-hydrogen) atoms. The van der Waals surface area contributed by atoms with E-state index in [1.165, 1.54) is 0 Å². The zero-order chi connectivity index (χ0) is 28.4. The first-order valence-electron chi connectivity index (χ1n) is 13.5. The molecule has 1 aliphatic rings. The molecule has 206 valence electrons. The molecule has 8 heteroatoms. The number of hydrogen-bond donors (Lipinski definition) is 1. The topological polar surface area (TPSA) is 80.1 Å². The lowest BCUT2D eigenvalue weighted by Gasteiger charge is -2.25. The van der Waals surface area contributed by atoms with Gasteiger partial charge in [0.15, 0.2) is 0 Å². The predicted molar refractivity (Wildman–Crippen MR) is 161 cm³/mol. The molecule has 4 aromatic rings. The number of pyridine rings is 1. The molecule has 7 nitrogen and oxygen atoms in total. The maximum atomic E-state index is 13.8. The number of thioether (sulfide) groups is 1. The van der Waals surface area contributed by atoms with Gasteiger partial charge in [-0.25, -0.2) is 4.68 Å². The molecular formula is C32H35N5O2S. The van der Waals surface area contributed by atoms with Crippen LogP contribution in [0.15, 0.2) is 72.9 Å². The van der Waals surface area contributed by atoms with Gasteiger partial charge in [-0.1, -0.05) is 74.9 Å². The maximum absolute atomic E-state index is 13.8. The van der Waals surface area contributed by atoms with Crippen molar-refractivity contribution in [3.63, 3.8) is 0 Å². The van der Waals surface area contributed by atoms with Crippen LogP contribution in [0.25, 0.3) is 5.69 Å². The number of benzene rings is 2. The number of nitrogens with zero attached hydrogens (tertiary/aromatic N) is 4. The van der Waals surface area contributed by atoms with Crippen LogP contribution in [0.1, 0.15) is 59.7 Å². The fourth-order valence-electron chi connectivity index (χ4n) is 5.03. The number of rotatable bonds is 6. The molecular weight excluding hydrogens is 518 g/mol. The molecule has 1 N–H and O–H groups in total. The van der Waals surface area contributed by atoms with Crippen LogP contribution >= 0.6 is 11.8 Å². The fraction of sp³-hybridized carbons (Fsp3) is 0.312. The van der Waals surface area contributed by atoms with E-state index >= 15 is 0 Å². The molecule has 0 bridgehead atoms. The highest BCUT2D eigenvalue weighted by Gasteiger charge is 2.40. The summed E-state index contributed by atoms with van der Waals surface area (Å²) in [6.07, 6.45) is 1.70. The number of nitrogens with one attached hydrogen (secondary N) is 1. The van der Waals surface area contributed by atoms with E-state index in [1.54, 1.807) is 22.9 Å². The van der Waals surface area contributed by atoms with Crippen molar-refractivity contribution in [1.82, 2.24) is 20.1 Å². The van der Waals surface area contributed by atoms with Gasteiger partial charge in [-0.15, -0.1) is 11.8 Å². The van der Waals surface area contributed by atoms with E-state index in [-0.39, 0.29) is 34.8 Å². The zero-order valence-electron chi connectivity index (χ0n) is 23.6. The maximum Gasteiger partial charge on any atom is 0.240 e. The van der Waals surface area contributed by atoms with Crippen molar-refractivity contribution in [2.24, 2.45) is 0 Å². The van der Waals surface area contributed by atoms with E-state index in [0.29, 0.717) is 12.4 Å². The average Bonchev–Trinajstić information content (AvgIpc) is 3.26. The summed E-state index contributed by atoms with van der Waals surface area (Å²) in [6, 6.07) is 22.0. The summed E-state index contributed by atoms with van der Waals surface area (Å²) < 4.78 is 1.88. The molecule has 5 rings (SSSR count). The van der Waals surface area contributed by atoms with Crippen molar-refractivity contribution in [2.45, 2.75) is 51.8 Å². The lowest BCUT2D eigenvalue weighted by atomic mass is 9.87. The van der Waals surface area contributed by atoms with Crippen LogP contribution in [0.2, 0.25) is 0 Å². The Morgan fingerprint density at radius 2 is 1.82 bits per heavy atom. The smallest absolute Gasteiger partial charge is 0.240 e. The number of carbonyl (C=O) groups excluding carboxylic acids is 2. The molecule has 1 unspecified atom stereocenters. The third kappa shape index (κ3) is 5.68. The van der Waals surface area contributed by atoms with Gasteiger partial charge in [-0.05, 0) is 43.2 Å². The Morgan fingerprint density at radius 1 is 1.05 bits per heavy atom. The number of carbonyl (C=O) groups is 2. The Hall–Kier alpha value is -3.91. The second kappa shape index (κ2) is 11.3. The minimum Gasteiger partial charge on any atom is -0.349 e. The number of amides is 2. The number of fused-ring (bicyclic) bond motifs is 1. The third-order valence-electron chi connectivity index (χ3n) is 6.98. The summed E-state index contributed by atoms with van der Waals surface area (Å²) in [5.74, 6) is 0.537. The molecule has 3 heterocycles. The van der Waals surface area contributed by atoms with Gasteiger partial charge in [0.2, 0.25) is 11.8 Å². The first kappa shape index (κ1) is 27.6. The number of anilines is 1. The first-order chi connectivity index (χ1) is 19.1. The van der Waals surface area contributed by atoms with Gasteiger partial charge in [0, 0.05) is 17.2 Å². The molecule has 2 aromatic carbocycles. The number of aryl methyl sites for hydroxylation is 2. The molecule has 2 aromatic heterocycles. The Morgan fingerprint density at radius 3 is 2.52 bits per heavy atom. The van der Waals surface area contributed by atoms with Gasteiger partial charge in [0.05, 0.1) is 34.6 Å². The van der Waals surface area contributed by atoms with Gasteiger partial charge in [0.25, 0.3) is 0 Å². The molecule has 0 aliphatic carbocycles. The average molecular weight is 554 g/mol. The van der Waals surface area contributed by atoms with Crippen molar-refractivity contribution in [3.8, 4) is 5.69 Å². The zero-order valence-corrected chi connectivity index (χ0v) is 24.5. The second-order valence-corrected chi connectivity index (χ2v) is 12.3. The van der Waals surface area contributed by atoms with Crippen molar-refractivity contribution in [1.29, 1.82) is 0 Å². The monoisotopic (exact) mass is 553 g/mol. The molecule has 1 aliphatic heterocycles. The summed E-state index contributed by atoms with van der Waals surface area (Å²) in [4.78, 5) is 33.0. The normalized spacial score (nSPS) is 15.5. The number of para-hydroxylation sites is 1. The van der Waals surface area contributed by atoms with E-state index in [2.05, 4.69) is 62.3 Å². The fourth-order valence-corrected chi connectivity index (χ4v) is 6.22. The van der Waals surface area contributed by atoms with E-state index < -0.39 is 0 Å². The Labute approximate surface area is 240 Å². The quantitative estimate of drug-likeness (QED) is 0.333. The van der Waals surface area contributed by atoms with E-state index in [9.17, 15) is 9.59 Å². The molecule has 0 saturated carbocycles. The first-order valence-corrected chi connectivity index (χ1v) is 14.5. The van der Waals surface area contributed by atoms with Crippen molar-refractivity contribution in [3.05, 3.63) is 107 Å². The summed E-state index contributed by atoms with van der Waals surface area (Å²) in [7, 11) is 0. The molecule has 0 radical (unpaired) electrons. The largest absolute Gasteiger partial charge is 0.349 e. The van der Waals surface area contributed by atoms with Crippen LogP contribution in [0.3, 0.4) is 0 Å². The minimum atomic E-state index is -0.305. The highest BCUT2D eigenvalue weighted by Crippen LogP contribution is 2.48. The van der Waals surface area contributed by atoms with Crippen LogP contribution in [-0.2, 0) is 21.5 Å². The van der Waals surface area contributed by atoms with E-state index in [4.69, 9.17) is 5.10 Å². The lowest BCUT2D eigenvalue weighted by molar-refractivity contribution is -0.123. The highest BCUT2D eigenvalue weighted by molar-refractivity contribution is 8.00. The van der Waals surface area contributed by atoms with Crippen LogP contribution < -0.4 is 10.2 Å². The SMILES string of the molecule is Cc1cccc(C2SCC(=O)N(CC(=O)NCc3ccccn3)c3c2c(C(C)(C)C)nn3-c2ccccc2C)c1. The highest BCUT2D eigenvalue weighted by atomic mass is 32.2. The summed E-state index contributed by atoms with van der Waals surface area (Å²) >= 11 is 1.59. The van der Waals surface area contributed by atoms with Crippen molar-refractivity contribution in [2.75, 3.05) is 17.2 Å². The van der Waals surface area contributed by atoms with Crippen LogP contribution in [-0.4, -0.2) is 38.9 Å². The van der Waals surface area contributed by atoms with Crippen LogP contribution in [0.5, 0.6) is 0 Å². The summed E-state index contributed by atoms with van der Waals surface area (Å²) in [6.45, 7) is 10.7. The van der Waals surface area contributed by atoms with Gasteiger partial charge in [-0.2, -0.15) is 5.10 Å².